The van der Waals surface area contributed by atoms with Gasteiger partial charge in [0.25, 0.3) is 0 Å². The fourth-order valence-corrected chi connectivity index (χ4v) is 6.16. The molecule has 2 saturated heterocycles. The zero-order valence-corrected chi connectivity index (χ0v) is 20.2. The summed E-state index contributed by atoms with van der Waals surface area (Å²) < 4.78 is 6.81. The van der Waals surface area contributed by atoms with Crippen LogP contribution in [0.5, 0.6) is 0 Å². The normalized spacial score (nSPS) is 18.3. The van der Waals surface area contributed by atoms with Gasteiger partial charge in [-0.3, -0.25) is 9.80 Å². The van der Waals surface area contributed by atoms with Crippen LogP contribution in [-0.4, -0.2) is 90.3 Å². The molecular weight excluding hydrogens is 446 g/mol. The highest BCUT2D eigenvalue weighted by Gasteiger charge is 2.22. The number of thiophene rings is 1. The number of nitrogens with one attached hydrogen (secondary N) is 1. The number of morpholine rings is 1. The van der Waals surface area contributed by atoms with E-state index in [0.29, 0.717) is 0 Å². The SMILES string of the molecule is NCCN1CCN(Cc2cc3nc(-c4cccc5[nH]ccc45)nc(N4CCOCC4)c3s2)CC1. The molecule has 5 heterocycles. The zero-order chi connectivity index (χ0) is 22.9. The largest absolute Gasteiger partial charge is 0.378 e. The molecule has 4 aromatic rings. The number of nitrogens with two attached hydrogens (primary N) is 1. The first-order chi connectivity index (χ1) is 16.8. The lowest BCUT2D eigenvalue weighted by Gasteiger charge is -2.34. The van der Waals surface area contributed by atoms with Gasteiger partial charge in [0.05, 0.1) is 23.4 Å². The third-order valence-corrected chi connectivity index (χ3v) is 7.95. The highest BCUT2D eigenvalue weighted by Crippen LogP contribution is 2.36. The second-order valence-electron chi connectivity index (χ2n) is 9.05. The highest BCUT2D eigenvalue weighted by atomic mass is 32.1. The van der Waals surface area contributed by atoms with Crippen molar-refractivity contribution in [1.29, 1.82) is 0 Å². The van der Waals surface area contributed by atoms with Crippen LogP contribution < -0.4 is 10.6 Å². The van der Waals surface area contributed by atoms with E-state index in [-0.39, 0.29) is 0 Å². The van der Waals surface area contributed by atoms with Gasteiger partial charge in [-0.05, 0) is 18.2 Å². The first-order valence-corrected chi connectivity index (χ1v) is 12.9. The van der Waals surface area contributed by atoms with E-state index in [1.54, 1.807) is 0 Å². The molecule has 34 heavy (non-hydrogen) atoms. The predicted molar refractivity (Wildman–Crippen MR) is 139 cm³/mol. The summed E-state index contributed by atoms with van der Waals surface area (Å²) in [6, 6.07) is 10.7. The standard InChI is InChI=1S/C25H31N7OS/c26-5-7-30-8-10-31(11-9-30)17-18-16-22-23(34-18)25(32-12-14-33-15-13-32)29-24(28-22)20-2-1-3-21-19(20)4-6-27-21/h1-4,6,16,27H,5,7-15,17,26H2. The molecule has 2 fully saturated rings. The Morgan fingerprint density at radius 2 is 1.82 bits per heavy atom. The maximum atomic E-state index is 5.73. The van der Waals surface area contributed by atoms with Crippen LogP contribution in [0.4, 0.5) is 5.82 Å². The molecule has 178 valence electrons. The Bertz CT molecular complexity index is 1270. The van der Waals surface area contributed by atoms with E-state index in [1.165, 1.54) is 9.58 Å². The lowest BCUT2D eigenvalue weighted by molar-refractivity contribution is 0.122. The first kappa shape index (κ1) is 21.9. The molecule has 3 N–H and O–H groups in total. The number of benzene rings is 1. The van der Waals surface area contributed by atoms with Gasteiger partial charge in [-0.25, -0.2) is 9.97 Å². The Hall–Kier alpha value is -2.56. The number of aromatic nitrogens is 3. The molecule has 2 aliphatic heterocycles. The monoisotopic (exact) mass is 477 g/mol. The molecule has 0 spiro atoms. The number of H-pyrrole nitrogens is 1. The summed E-state index contributed by atoms with van der Waals surface area (Å²) >= 11 is 1.84. The minimum Gasteiger partial charge on any atom is -0.378 e. The number of fused-ring (bicyclic) bond motifs is 2. The molecule has 0 aliphatic carbocycles. The minimum atomic E-state index is 0.734. The van der Waals surface area contributed by atoms with Crippen molar-refractivity contribution in [2.24, 2.45) is 5.73 Å². The summed E-state index contributed by atoms with van der Waals surface area (Å²) in [5.74, 6) is 1.83. The Balaban J connectivity index is 1.35. The number of aromatic amines is 1. The molecule has 3 aromatic heterocycles. The van der Waals surface area contributed by atoms with Crippen LogP contribution in [-0.2, 0) is 11.3 Å². The van der Waals surface area contributed by atoms with E-state index < -0.39 is 0 Å². The molecule has 0 unspecified atom stereocenters. The summed E-state index contributed by atoms with van der Waals surface area (Å²) in [6.45, 7) is 10.2. The smallest absolute Gasteiger partial charge is 0.162 e. The van der Waals surface area contributed by atoms with Gasteiger partial charge in [-0.2, -0.15) is 0 Å². The number of hydrogen-bond acceptors (Lipinski definition) is 8. The van der Waals surface area contributed by atoms with Crippen molar-refractivity contribution in [2.45, 2.75) is 6.54 Å². The zero-order valence-electron chi connectivity index (χ0n) is 19.4. The summed E-state index contributed by atoms with van der Waals surface area (Å²) in [5.41, 5.74) is 8.95. The van der Waals surface area contributed by atoms with E-state index in [4.69, 9.17) is 20.4 Å². The van der Waals surface area contributed by atoms with Crippen molar-refractivity contribution in [3.8, 4) is 11.4 Å². The lowest BCUT2D eigenvalue weighted by atomic mass is 10.1. The van der Waals surface area contributed by atoms with Crippen molar-refractivity contribution in [1.82, 2.24) is 24.8 Å². The molecule has 0 saturated carbocycles. The van der Waals surface area contributed by atoms with Gasteiger partial charge in [-0.15, -0.1) is 11.3 Å². The summed E-state index contributed by atoms with van der Waals surface area (Å²) in [5, 5.41) is 1.15. The topological polar surface area (TPSA) is 86.5 Å². The van der Waals surface area contributed by atoms with E-state index >= 15 is 0 Å². The summed E-state index contributed by atoms with van der Waals surface area (Å²) in [6.07, 6.45) is 1.98. The average Bonchev–Trinajstić information content (AvgIpc) is 3.52. The minimum absolute atomic E-state index is 0.734. The molecule has 8 nitrogen and oxygen atoms in total. The van der Waals surface area contributed by atoms with Gasteiger partial charge in [0.2, 0.25) is 0 Å². The molecule has 1 aromatic carbocycles. The molecule has 0 bridgehead atoms. The van der Waals surface area contributed by atoms with Gasteiger partial charge in [-0.1, -0.05) is 12.1 Å². The third kappa shape index (κ3) is 4.30. The maximum Gasteiger partial charge on any atom is 0.162 e. The highest BCUT2D eigenvalue weighted by molar-refractivity contribution is 7.19. The van der Waals surface area contributed by atoms with Crippen LogP contribution in [0.1, 0.15) is 4.88 Å². The summed E-state index contributed by atoms with van der Waals surface area (Å²) in [4.78, 5) is 22.2. The summed E-state index contributed by atoms with van der Waals surface area (Å²) in [7, 11) is 0. The number of anilines is 1. The molecule has 0 radical (unpaired) electrons. The van der Waals surface area contributed by atoms with Gasteiger partial charge >= 0.3 is 0 Å². The van der Waals surface area contributed by atoms with Gasteiger partial charge in [0, 0.05) is 86.4 Å². The fraction of sp³-hybridized carbons (Fsp3) is 0.440. The Kier molecular flexibility index (Phi) is 6.19. The lowest BCUT2D eigenvalue weighted by Crippen LogP contribution is -2.47. The van der Waals surface area contributed by atoms with E-state index in [1.807, 2.05) is 17.5 Å². The number of nitrogens with zero attached hydrogens (tertiary/aromatic N) is 5. The predicted octanol–water partition coefficient (Wildman–Crippen LogP) is 2.75. The van der Waals surface area contributed by atoms with Crippen molar-refractivity contribution in [3.05, 3.63) is 41.4 Å². The van der Waals surface area contributed by atoms with Crippen LogP contribution in [0, 0.1) is 0 Å². The van der Waals surface area contributed by atoms with E-state index in [9.17, 15) is 0 Å². The van der Waals surface area contributed by atoms with Gasteiger partial charge in [0.1, 0.15) is 0 Å². The Morgan fingerprint density at radius 3 is 2.65 bits per heavy atom. The molecular formula is C25H31N7OS. The van der Waals surface area contributed by atoms with Crippen molar-refractivity contribution in [3.63, 3.8) is 0 Å². The van der Waals surface area contributed by atoms with E-state index in [2.05, 4.69) is 50.0 Å². The quantitative estimate of drug-likeness (QED) is 0.442. The number of hydrogen-bond donors (Lipinski definition) is 2. The van der Waals surface area contributed by atoms with Crippen LogP contribution in [0.2, 0.25) is 0 Å². The van der Waals surface area contributed by atoms with Crippen LogP contribution in [0.15, 0.2) is 36.5 Å². The van der Waals surface area contributed by atoms with Gasteiger partial charge < -0.3 is 20.4 Å². The Morgan fingerprint density at radius 1 is 1.00 bits per heavy atom. The number of ether oxygens (including phenoxy) is 1. The van der Waals surface area contributed by atoms with Crippen LogP contribution in [0.25, 0.3) is 32.5 Å². The first-order valence-electron chi connectivity index (χ1n) is 12.1. The van der Waals surface area contributed by atoms with Crippen LogP contribution in [0.3, 0.4) is 0 Å². The van der Waals surface area contributed by atoms with Crippen LogP contribution >= 0.6 is 11.3 Å². The maximum absolute atomic E-state index is 5.73. The molecule has 0 amide bonds. The molecule has 0 atom stereocenters. The third-order valence-electron chi connectivity index (χ3n) is 6.84. The average molecular weight is 478 g/mol. The van der Waals surface area contributed by atoms with Crippen molar-refractivity contribution in [2.75, 3.05) is 70.5 Å². The Labute approximate surface area is 203 Å². The molecule has 6 rings (SSSR count). The molecule has 9 heteroatoms. The van der Waals surface area contributed by atoms with Gasteiger partial charge in [0.15, 0.2) is 11.6 Å². The number of rotatable bonds is 6. The van der Waals surface area contributed by atoms with E-state index in [0.717, 1.165) is 106 Å². The second-order valence-corrected chi connectivity index (χ2v) is 10.2. The molecule has 2 aliphatic rings. The van der Waals surface area contributed by atoms with Crippen molar-refractivity contribution >= 4 is 38.3 Å². The fourth-order valence-electron chi connectivity index (χ4n) is 5.01. The number of piperazine rings is 1. The second kappa shape index (κ2) is 9.59. The van der Waals surface area contributed by atoms with Crippen molar-refractivity contribution < 1.29 is 4.74 Å².